The maximum atomic E-state index is 12.4. The number of hydrogen-bond donors (Lipinski definition) is 1. The Morgan fingerprint density at radius 1 is 1.25 bits per heavy atom. The van der Waals surface area contributed by atoms with Gasteiger partial charge in [0.2, 0.25) is 0 Å². The summed E-state index contributed by atoms with van der Waals surface area (Å²) in [6, 6.07) is 12.6. The Labute approximate surface area is 139 Å². The smallest absolute Gasteiger partial charge is 0.273 e. The van der Waals surface area contributed by atoms with Gasteiger partial charge in [0.05, 0.1) is 13.2 Å². The van der Waals surface area contributed by atoms with E-state index >= 15 is 0 Å². The Balaban J connectivity index is 1.75. The maximum absolute atomic E-state index is 12.4. The maximum Gasteiger partial charge on any atom is 0.273 e. The van der Waals surface area contributed by atoms with Gasteiger partial charge < -0.3 is 14.6 Å². The number of para-hydroxylation sites is 1. The van der Waals surface area contributed by atoms with Gasteiger partial charge in [-0.05, 0) is 25.1 Å². The van der Waals surface area contributed by atoms with Crippen LogP contribution in [0.4, 0.5) is 0 Å². The predicted octanol–water partition coefficient (Wildman–Crippen LogP) is 3.24. The van der Waals surface area contributed by atoms with E-state index in [0.717, 1.165) is 16.9 Å². The van der Waals surface area contributed by atoms with Gasteiger partial charge in [-0.25, -0.2) is 0 Å². The van der Waals surface area contributed by atoms with Crippen LogP contribution < -0.4 is 10.1 Å². The summed E-state index contributed by atoms with van der Waals surface area (Å²) >= 11 is 0. The molecule has 6 heteroatoms. The number of pyridine rings is 1. The standard InChI is InChI=1S/C18H17N3O3/c1-12(14-7-3-4-8-16(14)23-2)20-18(22)15-10-17(24-21-15)13-6-5-9-19-11-13/h3-12H,1-2H3,(H,20,22)/t12-/m1/s1. The average molecular weight is 323 g/mol. The van der Waals surface area contributed by atoms with Gasteiger partial charge >= 0.3 is 0 Å². The van der Waals surface area contributed by atoms with E-state index < -0.39 is 0 Å². The van der Waals surface area contributed by atoms with E-state index in [1.807, 2.05) is 37.3 Å². The van der Waals surface area contributed by atoms with Gasteiger partial charge in [-0.1, -0.05) is 23.4 Å². The van der Waals surface area contributed by atoms with Crippen molar-refractivity contribution in [2.45, 2.75) is 13.0 Å². The van der Waals surface area contributed by atoms with E-state index in [0.29, 0.717) is 5.76 Å². The quantitative estimate of drug-likeness (QED) is 0.780. The van der Waals surface area contributed by atoms with Crippen molar-refractivity contribution in [2.24, 2.45) is 0 Å². The van der Waals surface area contributed by atoms with Gasteiger partial charge in [0, 0.05) is 29.6 Å². The number of benzene rings is 1. The summed E-state index contributed by atoms with van der Waals surface area (Å²) in [5.74, 6) is 0.909. The Kier molecular flexibility index (Phi) is 4.56. The first-order valence-corrected chi connectivity index (χ1v) is 7.50. The summed E-state index contributed by atoms with van der Waals surface area (Å²) in [5.41, 5.74) is 1.88. The molecule has 0 radical (unpaired) electrons. The first-order chi connectivity index (χ1) is 11.7. The number of amides is 1. The molecule has 0 saturated heterocycles. The third-order valence-electron chi connectivity index (χ3n) is 3.64. The van der Waals surface area contributed by atoms with Crippen LogP contribution in [0.1, 0.15) is 29.0 Å². The normalized spacial score (nSPS) is 11.8. The fourth-order valence-electron chi connectivity index (χ4n) is 2.40. The number of rotatable bonds is 5. The predicted molar refractivity (Wildman–Crippen MR) is 88.6 cm³/mol. The first kappa shape index (κ1) is 15.7. The van der Waals surface area contributed by atoms with Crippen LogP contribution in [0.2, 0.25) is 0 Å². The third kappa shape index (κ3) is 3.27. The van der Waals surface area contributed by atoms with Gasteiger partial charge in [0.1, 0.15) is 5.75 Å². The van der Waals surface area contributed by atoms with Crippen molar-refractivity contribution < 1.29 is 14.1 Å². The molecule has 1 amide bonds. The molecule has 0 aliphatic carbocycles. The highest BCUT2D eigenvalue weighted by molar-refractivity contribution is 5.93. The zero-order valence-electron chi connectivity index (χ0n) is 13.4. The second-order valence-corrected chi connectivity index (χ2v) is 5.26. The molecular formula is C18H17N3O3. The highest BCUT2D eigenvalue weighted by Crippen LogP contribution is 2.25. The minimum absolute atomic E-state index is 0.218. The van der Waals surface area contributed by atoms with Crippen molar-refractivity contribution in [1.29, 1.82) is 0 Å². The number of carbonyl (C=O) groups excluding carboxylic acids is 1. The zero-order chi connectivity index (χ0) is 16.9. The number of ether oxygens (including phenoxy) is 1. The molecule has 0 fully saturated rings. The highest BCUT2D eigenvalue weighted by atomic mass is 16.5. The number of nitrogens with one attached hydrogen (secondary N) is 1. The van der Waals surface area contributed by atoms with Crippen molar-refractivity contribution in [3.8, 4) is 17.1 Å². The lowest BCUT2D eigenvalue weighted by Crippen LogP contribution is -2.27. The molecule has 2 heterocycles. The molecule has 0 aliphatic heterocycles. The highest BCUT2D eigenvalue weighted by Gasteiger charge is 2.18. The van der Waals surface area contributed by atoms with Crippen LogP contribution >= 0.6 is 0 Å². The molecule has 1 atom stereocenters. The number of hydrogen-bond acceptors (Lipinski definition) is 5. The summed E-state index contributed by atoms with van der Waals surface area (Å²) in [5, 5.41) is 6.73. The van der Waals surface area contributed by atoms with E-state index in [4.69, 9.17) is 9.26 Å². The van der Waals surface area contributed by atoms with Crippen LogP contribution in [0.3, 0.4) is 0 Å². The van der Waals surface area contributed by atoms with Crippen LogP contribution in [0, 0.1) is 0 Å². The molecule has 1 N–H and O–H groups in total. The van der Waals surface area contributed by atoms with E-state index in [1.54, 1.807) is 31.6 Å². The van der Waals surface area contributed by atoms with Crippen molar-refractivity contribution in [3.05, 3.63) is 66.1 Å². The molecule has 2 aromatic heterocycles. The van der Waals surface area contributed by atoms with Crippen LogP contribution in [-0.2, 0) is 0 Å². The van der Waals surface area contributed by atoms with Crippen molar-refractivity contribution >= 4 is 5.91 Å². The Morgan fingerprint density at radius 3 is 2.83 bits per heavy atom. The summed E-state index contributed by atoms with van der Waals surface area (Å²) < 4.78 is 10.6. The van der Waals surface area contributed by atoms with Gasteiger partial charge in [0.15, 0.2) is 11.5 Å². The van der Waals surface area contributed by atoms with E-state index in [9.17, 15) is 4.79 Å². The number of aromatic nitrogens is 2. The lowest BCUT2D eigenvalue weighted by Gasteiger charge is -2.16. The van der Waals surface area contributed by atoms with Crippen LogP contribution in [0.25, 0.3) is 11.3 Å². The summed E-state index contributed by atoms with van der Waals surface area (Å²) in [4.78, 5) is 16.4. The molecule has 0 saturated carbocycles. The Hall–Kier alpha value is -3.15. The van der Waals surface area contributed by atoms with Crippen molar-refractivity contribution in [1.82, 2.24) is 15.5 Å². The van der Waals surface area contributed by atoms with Crippen LogP contribution in [-0.4, -0.2) is 23.2 Å². The number of carbonyl (C=O) groups is 1. The monoisotopic (exact) mass is 323 g/mol. The SMILES string of the molecule is COc1ccccc1[C@@H](C)NC(=O)c1cc(-c2cccnc2)on1. The molecule has 3 rings (SSSR count). The van der Waals surface area contributed by atoms with Gasteiger partial charge in [0.25, 0.3) is 5.91 Å². The molecule has 0 spiro atoms. The summed E-state index contributed by atoms with van der Waals surface area (Å²) in [7, 11) is 1.60. The van der Waals surface area contributed by atoms with E-state index in [2.05, 4.69) is 15.5 Å². The summed E-state index contributed by atoms with van der Waals surface area (Å²) in [6.07, 6.45) is 3.32. The zero-order valence-corrected chi connectivity index (χ0v) is 13.4. The lowest BCUT2D eigenvalue weighted by atomic mass is 10.1. The minimum Gasteiger partial charge on any atom is -0.496 e. The fraction of sp³-hybridized carbons (Fsp3) is 0.167. The number of nitrogens with zero attached hydrogens (tertiary/aromatic N) is 2. The van der Waals surface area contributed by atoms with Gasteiger partial charge in [-0.3, -0.25) is 9.78 Å². The largest absolute Gasteiger partial charge is 0.496 e. The lowest BCUT2D eigenvalue weighted by molar-refractivity contribution is 0.0930. The van der Waals surface area contributed by atoms with Crippen molar-refractivity contribution in [2.75, 3.05) is 7.11 Å². The second kappa shape index (κ2) is 6.95. The molecule has 0 unspecified atom stereocenters. The molecule has 122 valence electrons. The summed E-state index contributed by atoms with van der Waals surface area (Å²) in [6.45, 7) is 1.89. The minimum atomic E-state index is -0.313. The molecule has 6 nitrogen and oxygen atoms in total. The Bertz CT molecular complexity index is 830. The second-order valence-electron chi connectivity index (χ2n) is 5.26. The van der Waals surface area contributed by atoms with Gasteiger partial charge in [-0.2, -0.15) is 0 Å². The topological polar surface area (TPSA) is 77.2 Å². The van der Waals surface area contributed by atoms with E-state index in [1.165, 1.54) is 0 Å². The molecule has 24 heavy (non-hydrogen) atoms. The third-order valence-corrected chi connectivity index (χ3v) is 3.64. The van der Waals surface area contributed by atoms with E-state index in [-0.39, 0.29) is 17.6 Å². The van der Waals surface area contributed by atoms with Crippen LogP contribution in [0.5, 0.6) is 5.75 Å². The molecular weight excluding hydrogens is 306 g/mol. The number of methoxy groups -OCH3 is 1. The molecule has 0 bridgehead atoms. The fourth-order valence-corrected chi connectivity index (χ4v) is 2.40. The molecule has 3 aromatic rings. The Morgan fingerprint density at radius 2 is 2.08 bits per heavy atom. The molecule has 1 aromatic carbocycles. The van der Waals surface area contributed by atoms with Gasteiger partial charge in [-0.15, -0.1) is 0 Å². The van der Waals surface area contributed by atoms with Crippen molar-refractivity contribution in [3.63, 3.8) is 0 Å². The van der Waals surface area contributed by atoms with Crippen LogP contribution in [0.15, 0.2) is 59.4 Å². The first-order valence-electron chi connectivity index (χ1n) is 7.50. The molecule has 0 aliphatic rings. The average Bonchev–Trinajstić information content (AvgIpc) is 3.12.